The van der Waals surface area contributed by atoms with E-state index in [1.165, 1.54) is 30.1 Å². The number of benzene rings is 1. The number of carboxylic acid groups (broad SMARTS) is 1. The fraction of sp³-hybridized carbons (Fsp3) is 0.556. The van der Waals surface area contributed by atoms with E-state index in [9.17, 15) is 24.8 Å². The molecule has 1 aromatic carbocycles. The molecule has 8 heteroatoms. The van der Waals surface area contributed by atoms with Crippen molar-refractivity contribution >= 4 is 17.6 Å². The zero-order chi connectivity index (χ0) is 19.5. The van der Waals surface area contributed by atoms with Gasteiger partial charge in [-0.2, -0.15) is 0 Å². The maximum absolute atomic E-state index is 12.3. The summed E-state index contributed by atoms with van der Waals surface area (Å²) in [5.41, 5.74) is 0.772. The third-order valence-corrected chi connectivity index (χ3v) is 3.98. The first-order chi connectivity index (χ1) is 12.4. The number of aromatic carboxylic acids is 1. The number of likely N-dealkylation sites (N-methyl/N-ethyl adjacent to an activating group) is 1. The monoisotopic (exact) mass is 366 g/mol. The highest BCUT2D eigenvalue weighted by Crippen LogP contribution is 2.22. The fourth-order valence-corrected chi connectivity index (χ4v) is 2.43. The fourth-order valence-electron chi connectivity index (χ4n) is 2.43. The molecule has 144 valence electrons. The minimum Gasteiger partial charge on any atom is -0.478 e. The predicted molar refractivity (Wildman–Crippen MR) is 97.3 cm³/mol. The minimum absolute atomic E-state index is 0.0337. The molecule has 0 atom stereocenters. The number of nitrogens with zero attached hydrogens (tertiary/aromatic N) is 2. The number of hydrogen-bond donors (Lipinski definition) is 1. The van der Waals surface area contributed by atoms with Gasteiger partial charge in [0, 0.05) is 25.0 Å². The Morgan fingerprint density at radius 1 is 1.27 bits per heavy atom. The van der Waals surface area contributed by atoms with Gasteiger partial charge >= 0.3 is 5.97 Å². The normalized spacial score (nSPS) is 10.5. The van der Waals surface area contributed by atoms with Gasteiger partial charge in [0.25, 0.3) is 5.91 Å². The maximum Gasteiger partial charge on any atom is 0.337 e. The van der Waals surface area contributed by atoms with Gasteiger partial charge in [0.1, 0.15) is 6.61 Å². The molecule has 1 N–H and O–H groups in total. The van der Waals surface area contributed by atoms with Crippen molar-refractivity contribution in [2.45, 2.75) is 39.0 Å². The summed E-state index contributed by atoms with van der Waals surface area (Å²) >= 11 is 0. The van der Waals surface area contributed by atoms with Gasteiger partial charge in [-0.05, 0) is 24.1 Å². The van der Waals surface area contributed by atoms with E-state index in [1.807, 2.05) is 0 Å². The van der Waals surface area contributed by atoms with Crippen molar-refractivity contribution in [1.82, 2.24) is 0 Å². The summed E-state index contributed by atoms with van der Waals surface area (Å²) in [5, 5.41) is 19.8. The molecule has 1 rings (SSSR count). The summed E-state index contributed by atoms with van der Waals surface area (Å²) in [7, 11) is 1.47. The molecule has 1 aromatic rings. The van der Waals surface area contributed by atoms with E-state index < -0.39 is 10.9 Å². The van der Waals surface area contributed by atoms with Crippen molar-refractivity contribution in [3.8, 4) is 0 Å². The summed E-state index contributed by atoms with van der Waals surface area (Å²) < 4.78 is 5.37. The lowest BCUT2D eigenvalue weighted by atomic mass is 10.1. The molecule has 0 aliphatic heterocycles. The zero-order valence-corrected chi connectivity index (χ0v) is 15.3. The number of anilines is 1. The van der Waals surface area contributed by atoms with Crippen LogP contribution in [0, 0.1) is 10.1 Å². The number of unbranched alkanes of at least 4 members (excludes halogenated alkanes) is 3. The lowest BCUT2D eigenvalue weighted by molar-refractivity contribution is -0.479. The van der Waals surface area contributed by atoms with Crippen LogP contribution in [0.15, 0.2) is 18.2 Å². The van der Waals surface area contributed by atoms with Crippen LogP contribution < -0.4 is 4.90 Å². The first-order valence-corrected chi connectivity index (χ1v) is 8.69. The molecule has 0 aromatic heterocycles. The van der Waals surface area contributed by atoms with Gasteiger partial charge in [-0.15, -0.1) is 0 Å². The second kappa shape index (κ2) is 11.2. The van der Waals surface area contributed by atoms with Crippen LogP contribution in [-0.2, 0) is 16.0 Å². The van der Waals surface area contributed by atoms with Crippen LogP contribution in [0.2, 0.25) is 0 Å². The number of carbonyl (C=O) groups excluding carboxylic acids is 1. The molecule has 0 aliphatic rings. The Kier molecular flexibility index (Phi) is 9.29. The van der Waals surface area contributed by atoms with E-state index >= 15 is 0 Å². The topological polar surface area (TPSA) is 110 Å². The quantitative estimate of drug-likeness (QED) is 0.346. The predicted octanol–water partition coefficient (Wildman–Crippen LogP) is 2.76. The van der Waals surface area contributed by atoms with E-state index in [2.05, 4.69) is 6.92 Å². The lowest BCUT2D eigenvalue weighted by Crippen LogP contribution is -2.31. The highest BCUT2D eigenvalue weighted by molar-refractivity contribution is 6.02. The highest BCUT2D eigenvalue weighted by atomic mass is 16.6. The first kappa shape index (κ1) is 21.6. The molecular formula is C18H26N2O6. The van der Waals surface area contributed by atoms with E-state index in [0.717, 1.165) is 25.7 Å². The number of carbonyl (C=O) groups is 2. The van der Waals surface area contributed by atoms with E-state index in [-0.39, 0.29) is 36.7 Å². The van der Waals surface area contributed by atoms with Crippen molar-refractivity contribution < 1.29 is 24.4 Å². The molecule has 0 saturated carbocycles. The summed E-state index contributed by atoms with van der Waals surface area (Å²) in [6.45, 7) is 2.19. The maximum atomic E-state index is 12.3. The number of rotatable bonds is 12. The van der Waals surface area contributed by atoms with Crippen LogP contribution in [0.4, 0.5) is 5.69 Å². The molecule has 26 heavy (non-hydrogen) atoms. The second-order valence-corrected chi connectivity index (χ2v) is 6.03. The van der Waals surface area contributed by atoms with Crippen molar-refractivity contribution in [2.75, 3.05) is 31.7 Å². The smallest absolute Gasteiger partial charge is 0.337 e. The average Bonchev–Trinajstić information content (AvgIpc) is 2.61. The van der Waals surface area contributed by atoms with Crippen molar-refractivity contribution in [2.24, 2.45) is 0 Å². The van der Waals surface area contributed by atoms with Crippen LogP contribution in [0.25, 0.3) is 0 Å². The van der Waals surface area contributed by atoms with Gasteiger partial charge in [0.2, 0.25) is 6.54 Å². The molecule has 0 heterocycles. The Labute approximate surface area is 152 Å². The molecule has 0 fully saturated rings. The number of nitro groups is 1. The number of ether oxygens (including phenoxy) is 1. The molecule has 0 radical (unpaired) electrons. The largest absolute Gasteiger partial charge is 0.478 e. The van der Waals surface area contributed by atoms with Crippen LogP contribution in [0.5, 0.6) is 0 Å². The summed E-state index contributed by atoms with van der Waals surface area (Å²) in [5.74, 6) is -1.53. The lowest BCUT2D eigenvalue weighted by Gasteiger charge is -2.20. The number of hydrogen-bond acceptors (Lipinski definition) is 5. The average molecular weight is 366 g/mol. The molecular weight excluding hydrogens is 340 g/mol. The SMILES string of the molecule is CCCCCCOCC(=O)N(C)c1cc(CC[N+](=O)[O-])ccc1C(=O)O. The van der Waals surface area contributed by atoms with Gasteiger partial charge in [-0.1, -0.05) is 32.3 Å². The Balaban J connectivity index is 2.75. The van der Waals surface area contributed by atoms with Gasteiger partial charge in [0.15, 0.2) is 0 Å². The summed E-state index contributed by atoms with van der Waals surface area (Å²) in [4.78, 5) is 35.0. The van der Waals surface area contributed by atoms with E-state index in [0.29, 0.717) is 12.2 Å². The van der Waals surface area contributed by atoms with Crippen molar-refractivity contribution in [1.29, 1.82) is 0 Å². The second-order valence-electron chi connectivity index (χ2n) is 6.03. The molecule has 0 unspecified atom stereocenters. The Bertz CT molecular complexity index is 632. The molecule has 0 bridgehead atoms. The third-order valence-electron chi connectivity index (χ3n) is 3.98. The molecule has 0 saturated heterocycles. The van der Waals surface area contributed by atoms with Crippen molar-refractivity contribution in [3.63, 3.8) is 0 Å². The van der Waals surface area contributed by atoms with E-state index in [1.54, 1.807) is 0 Å². The summed E-state index contributed by atoms with van der Waals surface area (Å²) in [6.07, 6.45) is 4.32. The van der Waals surface area contributed by atoms with Gasteiger partial charge < -0.3 is 14.7 Å². The Morgan fingerprint density at radius 3 is 2.62 bits per heavy atom. The molecule has 8 nitrogen and oxygen atoms in total. The van der Waals surface area contributed by atoms with E-state index in [4.69, 9.17) is 4.74 Å². The molecule has 0 aliphatic carbocycles. The Morgan fingerprint density at radius 2 is 2.00 bits per heavy atom. The van der Waals surface area contributed by atoms with Gasteiger partial charge in [-0.3, -0.25) is 14.9 Å². The van der Waals surface area contributed by atoms with Crippen molar-refractivity contribution in [3.05, 3.63) is 39.4 Å². The molecule has 1 amide bonds. The standard InChI is InChI=1S/C18H26N2O6/c1-3-4-5-6-11-26-13-17(21)19(2)16-12-14(9-10-20(24)25)7-8-15(16)18(22)23/h7-8,12H,3-6,9-11,13H2,1-2H3,(H,22,23). The Hall–Kier alpha value is -2.48. The van der Waals surface area contributed by atoms with Crippen LogP contribution >= 0.6 is 0 Å². The van der Waals surface area contributed by atoms with Gasteiger partial charge in [0.05, 0.1) is 11.3 Å². The van der Waals surface area contributed by atoms with Crippen LogP contribution in [-0.4, -0.2) is 48.7 Å². The zero-order valence-electron chi connectivity index (χ0n) is 15.3. The number of carboxylic acids is 1. The third kappa shape index (κ3) is 7.18. The first-order valence-electron chi connectivity index (χ1n) is 8.69. The minimum atomic E-state index is -1.17. The number of amides is 1. The van der Waals surface area contributed by atoms with Gasteiger partial charge in [-0.25, -0.2) is 4.79 Å². The van der Waals surface area contributed by atoms with Crippen LogP contribution in [0.1, 0.15) is 48.5 Å². The summed E-state index contributed by atoms with van der Waals surface area (Å²) in [6, 6.07) is 4.40. The van der Waals surface area contributed by atoms with Crippen LogP contribution in [0.3, 0.4) is 0 Å². The molecule has 0 spiro atoms. The highest BCUT2D eigenvalue weighted by Gasteiger charge is 2.19.